The van der Waals surface area contributed by atoms with Crippen LogP contribution >= 0.6 is 11.8 Å². The molecule has 0 spiro atoms. The van der Waals surface area contributed by atoms with E-state index >= 15 is 0 Å². The third-order valence-electron chi connectivity index (χ3n) is 2.03. The summed E-state index contributed by atoms with van der Waals surface area (Å²) in [5.41, 5.74) is 5.38. The number of nitrogens with zero attached hydrogens (tertiary/aromatic N) is 2. The fourth-order valence-corrected chi connectivity index (χ4v) is 2.14. The number of anilines is 1. The van der Waals surface area contributed by atoms with Crippen molar-refractivity contribution in [3.8, 4) is 0 Å². The number of hydrogen-bond donors (Lipinski definition) is 2. The molecule has 0 saturated carbocycles. The van der Waals surface area contributed by atoms with Crippen LogP contribution in [-0.2, 0) is 9.59 Å². The molecule has 8 heteroatoms. The average molecular weight is 254 g/mol. The Morgan fingerprint density at radius 3 is 3.00 bits per heavy atom. The molecule has 1 aromatic heterocycles. The van der Waals surface area contributed by atoms with Crippen LogP contribution in [0.5, 0.6) is 0 Å². The minimum atomic E-state index is -0.539. The molecule has 1 aliphatic rings. The van der Waals surface area contributed by atoms with Crippen LogP contribution in [0.1, 0.15) is 12.2 Å². The lowest BCUT2D eigenvalue weighted by Gasteiger charge is -2.04. The Bertz CT molecular complexity index is 496. The molecule has 17 heavy (non-hydrogen) atoms. The molecule has 2 rings (SSSR count). The molecule has 0 aromatic carbocycles. The Morgan fingerprint density at radius 1 is 1.71 bits per heavy atom. The van der Waals surface area contributed by atoms with Gasteiger partial charge in [0.1, 0.15) is 11.0 Å². The first kappa shape index (κ1) is 11.6. The van der Waals surface area contributed by atoms with Gasteiger partial charge in [-0.3, -0.25) is 9.59 Å². The lowest BCUT2D eigenvalue weighted by atomic mass is 10.3. The van der Waals surface area contributed by atoms with Gasteiger partial charge in [0.05, 0.1) is 0 Å². The topological polar surface area (TPSA) is 111 Å². The maximum atomic E-state index is 11.6. The van der Waals surface area contributed by atoms with Crippen LogP contribution in [0.15, 0.2) is 15.6 Å². The standard InChI is InChI=1S/C9H10N4O3S/c1-4-2-6(13-16-4)11-7(14)3-5-8(15)12-9(10)17-5/h2,5H,3H2,1H3,(H2,10,12,15)(H,11,13,14)/t5-/m0/s1. The van der Waals surface area contributed by atoms with Gasteiger partial charge in [0.15, 0.2) is 11.0 Å². The van der Waals surface area contributed by atoms with Gasteiger partial charge in [-0.1, -0.05) is 16.9 Å². The highest BCUT2D eigenvalue weighted by atomic mass is 32.2. The molecule has 3 N–H and O–H groups in total. The van der Waals surface area contributed by atoms with E-state index in [1.54, 1.807) is 13.0 Å². The predicted molar refractivity (Wildman–Crippen MR) is 62.5 cm³/mol. The summed E-state index contributed by atoms with van der Waals surface area (Å²) in [6.45, 7) is 1.72. The second-order valence-corrected chi connectivity index (χ2v) is 4.69. The normalized spacial score (nSPS) is 19.2. The molecule has 2 heterocycles. The Kier molecular flexibility index (Phi) is 3.14. The summed E-state index contributed by atoms with van der Waals surface area (Å²) in [5, 5.41) is 5.80. The molecule has 0 bridgehead atoms. The predicted octanol–water partition coefficient (Wildman–Crippen LogP) is 0.268. The SMILES string of the molecule is Cc1cc(NC(=O)C[C@@H]2SC(N)=NC2=O)no1. The average Bonchev–Trinajstić information content (AvgIpc) is 2.74. The maximum absolute atomic E-state index is 11.6. The number of nitrogens with one attached hydrogen (secondary N) is 1. The van der Waals surface area contributed by atoms with Gasteiger partial charge in [-0.15, -0.1) is 0 Å². The van der Waals surface area contributed by atoms with Crippen molar-refractivity contribution in [2.75, 3.05) is 5.32 Å². The Hall–Kier alpha value is -1.83. The van der Waals surface area contributed by atoms with Crippen LogP contribution < -0.4 is 11.1 Å². The number of carbonyl (C=O) groups excluding carboxylic acids is 2. The van der Waals surface area contributed by atoms with E-state index in [-0.39, 0.29) is 23.4 Å². The monoisotopic (exact) mass is 254 g/mol. The summed E-state index contributed by atoms with van der Waals surface area (Å²) in [4.78, 5) is 26.4. The van der Waals surface area contributed by atoms with Gasteiger partial charge in [-0.05, 0) is 6.92 Å². The maximum Gasteiger partial charge on any atom is 0.262 e. The molecule has 1 aromatic rings. The first-order chi connectivity index (χ1) is 8.04. The number of carbonyl (C=O) groups is 2. The minimum Gasteiger partial charge on any atom is -0.378 e. The molecule has 7 nitrogen and oxygen atoms in total. The van der Waals surface area contributed by atoms with Crippen molar-refractivity contribution in [2.45, 2.75) is 18.6 Å². The number of thioether (sulfide) groups is 1. The van der Waals surface area contributed by atoms with Crippen LogP contribution in [-0.4, -0.2) is 27.4 Å². The largest absolute Gasteiger partial charge is 0.378 e. The first-order valence-electron chi connectivity index (χ1n) is 4.82. The lowest BCUT2D eigenvalue weighted by molar-refractivity contribution is -0.121. The van der Waals surface area contributed by atoms with Crippen LogP contribution in [0.25, 0.3) is 0 Å². The zero-order valence-corrected chi connectivity index (χ0v) is 9.78. The van der Waals surface area contributed by atoms with Crippen molar-refractivity contribution in [3.05, 3.63) is 11.8 Å². The number of rotatable bonds is 3. The molecule has 0 aliphatic carbocycles. The molecule has 0 saturated heterocycles. The molecule has 2 amide bonds. The molecule has 0 fully saturated rings. The Balaban J connectivity index is 1.88. The third kappa shape index (κ3) is 2.84. The van der Waals surface area contributed by atoms with Gasteiger partial charge in [-0.25, -0.2) is 0 Å². The highest BCUT2D eigenvalue weighted by molar-refractivity contribution is 8.15. The van der Waals surface area contributed by atoms with Crippen LogP contribution in [0.2, 0.25) is 0 Å². The van der Waals surface area contributed by atoms with Gasteiger partial charge >= 0.3 is 0 Å². The summed E-state index contributed by atoms with van der Waals surface area (Å²) >= 11 is 1.09. The van der Waals surface area contributed by atoms with E-state index in [9.17, 15) is 9.59 Å². The number of hydrogen-bond acceptors (Lipinski definition) is 6. The fourth-order valence-electron chi connectivity index (χ4n) is 1.32. The minimum absolute atomic E-state index is 0.0135. The van der Waals surface area contributed by atoms with Crippen molar-refractivity contribution in [2.24, 2.45) is 10.7 Å². The van der Waals surface area contributed by atoms with E-state index < -0.39 is 5.25 Å². The van der Waals surface area contributed by atoms with Crippen molar-refractivity contribution >= 4 is 34.6 Å². The second kappa shape index (κ2) is 4.58. The van der Waals surface area contributed by atoms with Gasteiger partial charge in [0.25, 0.3) is 5.91 Å². The van der Waals surface area contributed by atoms with E-state index in [0.717, 1.165) is 11.8 Å². The molecular weight excluding hydrogens is 244 g/mol. The lowest BCUT2D eigenvalue weighted by Crippen LogP contribution is -2.21. The van der Waals surface area contributed by atoms with Gasteiger partial charge < -0.3 is 15.6 Å². The molecular formula is C9H10N4O3S. The smallest absolute Gasteiger partial charge is 0.262 e. The quantitative estimate of drug-likeness (QED) is 0.800. The number of aryl methyl sites for hydroxylation is 1. The molecule has 1 atom stereocenters. The zero-order valence-electron chi connectivity index (χ0n) is 8.97. The van der Waals surface area contributed by atoms with E-state index in [2.05, 4.69) is 15.5 Å². The number of nitrogens with two attached hydrogens (primary N) is 1. The van der Waals surface area contributed by atoms with Gasteiger partial charge in [-0.2, -0.15) is 4.99 Å². The number of amides is 2. The third-order valence-corrected chi connectivity index (χ3v) is 3.01. The summed E-state index contributed by atoms with van der Waals surface area (Å²) in [7, 11) is 0. The highest BCUT2D eigenvalue weighted by Crippen LogP contribution is 2.23. The number of amidine groups is 1. The van der Waals surface area contributed by atoms with E-state index in [1.165, 1.54) is 0 Å². The molecule has 90 valence electrons. The van der Waals surface area contributed by atoms with E-state index in [1.807, 2.05) is 0 Å². The zero-order chi connectivity index (χ0) is 12.4. The van der Waals surface area contributed by atoms with E-state index in [4.69, 9.17) is 10.3 Å². The van der Waals surface area contributed by atoms with Crippen LogP contribution in [0.3, 0.4) is 0 Å². The summed E-state index contributed by atoms with van der Waals surface area (Å²) in [6, 6.07) is 1.59. The summed E-state index contributed by atoms with van der Waals surface area (Å²) < 4.78 is 4.79. The van der Waals surface area contributed by atoms with Crippen molar-refractivity contribution < 1.29 is 14.1 Å². The van der Waals surface area contributed by atoms with Crippen LogP contribution in [0.4, 0.5) is 5.82 Å². The van der Waals surface area contributed by atoms with Gasteiger partial charge in [0, 0.05) is 12.5 Å². The molecule has 1 aliphatic heterocycles. The van der Waals surface area contributed by atoms with Gasteiger partial charge in [0.2, 0.25) is 5.91 Å². The van der Waals surface area contributed by atoms with E-state index in [0.29, 0.717) is 11.6 Å². The fraction of sp³-hybridized carbons (Fsp3) is 0.333. The van der Waals surface area contributed by atoms with Crippen molar-refractivity contribution in [1.29, 1.82) is 0 Å². The summed E-state index contributed by atoms with van der Waals surface area (Å²) in [6.07, 6.45) is 0.0135. The Labute approximate surface area is 101 Å². The molecule has 0 radical (unpaired) electrons. The number of aromatic nitrogens is 1. The Morgan fingerprint density at radius 2 is 2.47 bits per heavy atom. The number of aliphatic imine (C=N–C) groups is 1. The highest BCUT2D eigenvalue weighted by Gasteiger charge is 2.29. The second-order valence-electron chi connectivity index (χ2n) is 3.47. The summed E-state index contributed by atoms with van der Waals surface area (Å²) in [5.74, 6) is 0.226. The van der Waals surface area contributed by atoms with Crippen molar-refractivity contribution in [1.82, 2.24) is 5.16 Å². The van der Waals surface area contributed by atoms with Crippen LogP contribution in [0, 0.1) is 6.92 Å². The molecule has 0 unspecified atom stereocenters. The van der Waals surface area contributed by atoms with Crippen molar-refractivity contribution in [3.63, 3.8) is 0 Å². The first-order valence-corrected chi connectivity index (χ1v) is 5.70.